The summed E-state index contributed by atoms with van der Waals surface area (Å²) in [6.45, 7) is 4.31. The first kappa shape index (κ1) is 17.3. The van der Waals surface area contributed by atoms with Crippen LogP contribution in [0.1, 0.15) is 5.82 Å². The third kappa shape index (κ3) is 3.74. The number of hydrogen-bond donors (Lipinski definition) is 1. The number of aromatic nitrogens is 2. The van der Waals surface area contributed by atoms with Gasteiger partial charge in [-0.05, 0) is 18.4 Å². The van der Waals surface area contributed by atoms with E-state index >= 15 is 0 Å². The van der Waals surface area contributed by atoms with E-state index in [4.69, 9.17) is 5.11 Å². The molecule has 2 heterocycles. The number of thioether (sulfide) groups is 1. The molecule has 0 bridgehead atoms. The Hall–Kier alpha value is -1.57. The molecule has 0 spiro atoms. The van der Waals surface area contributed by atoms with E-state index in [1.165, 1.54) is 0 Å². The van der Waals surface area contributed by atoms with Gasteiger partial charge < -0.3 is 14.6 Å². The third-order valence-electron chi connectivity index (χ3n) is 4.44. The van der Waals surface area contributed by atoms with Crippen molar-refractivity contribution in [1.29, 1.82) is 0 Å². The molecule has 24 heavy (non-hydrogen) atoms. The molecule has 1 saturated heterocycles. The molecule has 0 aliphatic carbocycles. The van der Waals surface area contributed by atoms with Gasteiger partial charge in [0.2, 0.25) is 5.91 Å². The van der Waals surface area contributed by atoms with Crippen LogP contribution in [-0.2, 0) is 17.1 Å². The standard InChI is InChI=1S/C17H24N4O2S/c1-24-13-16-18-14-4-2-3-5-15(14)21(16)12-17(23)20-8-6-19(7-9-20)10-11-22/h2-5,22H,6-13H2,1H3. The normalized spacial score (nSPS) is 16.0. The highest BCUT2D eigenvalue weighted by Gasteiger charge is 2.22. The minimum Gasteiger partial charge on any atom is -0.395 e. The smallest absolute Gasteiger partial charge is 0.242 e. The van der Waals surface area contributed by atoms with Crippen molar-refractivity contribution in [2.24, 2.45) is 0 Å². The van der Waals surface area contributed by atoms with Gasteiger partial charge >= 0.3 is 0 Å². The zero-order valence-corrected chi connectivity index (χ0v) is 14.8. The summed E-state index contributed by atoms with van der Waals surface area (Å²) >= 11 is 1.71. The lowest BCUT2D eigenvalue weighted by Crippen LogP contribution is -2.50. The van der Waals surface area contributed by atoms with E-state index < -0.39 is 0 Å². The third-order valence-corrected chi connectivity index (χ3v) is 4.99. The van der Waals surface area contributed by atoms with Crippen LogP contribution >= 0.6 is 11.8 Å². The average molecular weight is 348 g/mol. The number of aliphatic hydroxyl groups is 1. The molecule has 0 atom stereocenters. The summed E-state index contributed by atoms with van der Waals surface area (Å²) in [5.41, 5.74) is 1.97. The van der Waals surface area contributed by atoms with Crippen molar-refractivity contribution in [2.45, 2.75) is 12.3 Å². The fraction of sp³-hybridized carbons (Fsp3) is 0.529. The van der Waals surface area contributed by atoms with Gasteiger partial charge in [-0.15, -0.1) is 0 Å². The Labute approximate surface area is 146 Å². The second kappa shape index (κ2) is 8.00. The molecule has 2 aromatic rings. The van der Waals surface area contributed by atoms with Crippen molar-refractivity contribution in [3.05, 3.63) is 30.1 Å². The highest BCUT2D eigenvalue weighted by atomic mass is 32.2. The second-order valence-electron chi connectivity index (χ2n) is 5.98. The summed E-state index contributed by atoms with van der Waals surface area (Å²) in [5, 5.41) is 9.01. The van der Waals surface area contributed by atoms with Crippen LogP contribution in [0.2, 0.25) is 0 Å². The summed E-state index contributed by atoms with van der Waals surface area (Å²) in [7, 11) is 0. The van der Waals surface area contributed by atoms with Gasteiger partial charge in [0.1, 0.15) is 12.4 Å². The fourth-order valence-electron chi connectivity index (χ4n) is 3.14. The van der Waals surface area contributed by atoms with Crippen molar-refractivity contribution in [3.8, 4) is 0 Å². The van der Waals surface area contributed by atoms with Gasteiger partial charge in [0.25, 0.3) is 0 Å². The number of fused-ring (bicyclic) bond motifs is 1. The quantitative estimate of drug-likeness (QED) is 0.845. The molecule has 7 heteroatoms. The van der Waals surface area contributed by atoms with E-state index in [1.54, 1.807) is 11.8 Å². The number of carbonyl (C=O) groups excluding carboxylic acids is 1. The minimum absolute atomic E-state index is 0.143. The van der Waals surface area contributed by atoms with Crippen molar-refractivity contribution in [3.63, 3.8) is 0 Å². The van der Waals surface area contributed by atoms with Gasteiger partial charge in [-0.2, -0.15) is 11.8 Å². The molecule has 1 aromatic carbocycles. The number of amides is 1. The molecule has 1 N–H and O–H groups in total. The van der Waals surface area contributed by atoms with Crippen LogP contribution in [0.5, 0.6) is 0 Å². The van der Waals surface area contributed by atoms with E-state index in [2.05, 4.69) is 9.88 Å². The Morgan fingerprint density at radius 3 is 2.71 bits per heavy atom. The summed E-state index contributed by atoms with van der Waals surface area (Å²) in [4.78, 5) is 21.5. The zero-order chi connectivity index (χ0) is 16.9. The monoisotopic (exact) mass is 348 g/mol. The molecule has 3 rings (SSSR count). The van der Waals surface area contributed by atoms with Gasteiger partial charge in [0.15, 0.2) is 0 Å². The highest BCUT2D eigenvalue weighted by molar-refractivity contribution is 7.97. The average Bonchev–Trinajstić information content (AvgIpc) is 2.94. The SMILES string of the molecule is CSCc1nc2ccccc2n1CC(=O)N1CCN(CCO)CC1. The van der Waals surface area contributed by atoms with E-state index in [0.29, 0.717) is 13.1 Å². The van der Waals surface area contributed by atoms with Crippen LogP contribution in [0.15, 0.2) is 24.3 Å². The first-order valence-corrected chi connectivity index (χ1v) is 9.66. The zero-order valence-electron chi connectivity index (χ0n) is 14.0. The van der Waals surface area contributed by atoms with Crippen molar-refractivity contribution >= 4 is 28.7 Å². The first-order chi connectivity index (χ1) is 11.7. The van der Waals surface area contributed by atoms with E-state index in [9.17, 15) is 4.79 Å². The Bertz CT molecular complexity index is 695. The van der Waals surface area contributed by atoms with Gasteiger partial charge in [0.05, 0.1) is 23.4 Å². The van der Waals surface area contributed by atoms with Crippen molar-refractivity contribution in [1.82, 2.24) is 19.4 Å². The molecule has 1 aromatic heterocycles. The van der Waals surface area contributed by atoms with Gasteiger partial charge in [-0.3, -0.25) is 9.69 Å². The maximum atomic E-state index is 12.7. The van der Waals surface area contributed by atoms with Crippen LogP contribution in [0, 0.1) is 0 Å². The number of nitrogens with zero attached hydrogens (tertiary/aromatic N) is 4. The lowest BCUT2D eigenvalue weighted by Gasteiger charge is -2.34. The van der Waals surface area contributed by atoms with Gasteiger partial charge in [-0.1, -0.05) is 12.1 Å². The Balaban J connectivity index is 1.72. The van der Waals surface area contributed by atoms with E-state index in [-0.39, 0.29) is 12.5 Å². The number of para-hydroxylation sites is 2. The van der Waals surface area contributed by atoms with Crippen LogP contribution < -0.4 is 0 Å². The number of aliphatic hydroxyl groups excluding tert-OH is 1. The Morgan fingerprint density at radius 1 is 1.25 bits per heavy atom. The van der Waals surface area contributed by atoms with Crippen LogP contribution in [0.3, 0.4) is 0 Å². The molecule has 0 saturated carbocycles. The Kier molecular flexibility index (Phi) is 5.76. The largest absolute Gasteiger partial charge is 0.395 e. The second-order valence-corrected chi connectivity index (χ2v) is 6.85. The molecular formula is C17H24N4O2S. The van der Waals surface area contributed by atoms with E-state index in [0.717, 1.165) is 48.8 Å². The van der Waals surface area contributed by atoms with Crippen LogP contribution in [0.4, 0.5) is 0 Å². The van der Waals surface area contributed by atoms with Gasteiger partial charge in [0, 0.05) is 32.7 Å². The molecule has 0 unspecified atom stereocenters. The minimum atomic E-state index is 0.143. The van der Waals surface area contributed by atoms with Gasteiger partial charge in [-0.25, -0.2) is 4.98 Å². The molecule has 1 amide bonds. The van der Waals surface area contributed by atoms with Crippen molar-refractivity contribution in [2.75, 3.05) is 45.6 Å². The number of hydrogen-bond acceptors (Lipinski definition) is 5. The van der Waals surface area contributed by atoms with Crippen molar-refractivity contribution < 1.29 is 9.90 Å². The molecule has 130 valence electrons. The lowest BCUT2D eigenvalue weighted by atomic mass is 10.3. The number of carbonyl (C=O) groups is 1. The Morgan fingerprint density at radius 2 is 2.00 bits per heavy atom. The predicted octanol–water partition coefficient (Wildman–Crippen LogP) is 1.04. The first-order valence-electron chi connectivity index (χ1n) is 8.27. The topological polar surface area (TPSA) is 61.6 Å². The number of imidazole rings is 1. The highest BCUT2D eigenvalue weighted by Crippen LogP contribution is 2.19. The maximum Gasteiger partial charge on any atom is 0.242 e. The summed E-state index contributed by atoms with van der Waals surface area (Å²) in [5.74, 6) is 1.90. The molecular weight excluding hydrogens is 324 g/mol. The molecule has 1 aliphatic heterocycles. The fourth-order valence-corrected chi connectivity index (χ4v) is 3.62. The molecule has 6 nitrogen and oxygen atoms in total. The number of benzene rings is 1. The molecule has 1 fully saturated rings. The maximum absolute atomic E-state index is 12.7. The summed E-state index contributed by atoms with van der Waals surface area (Å²) < 4.78 is 2.05. The lowest BCUT2D eigenvalue weighted by molar-refractivity contribution is -0.133. The molecule has 1 aliphatic rings. The molecule has 0 radical (unpaired) electrons. The number of piperazine rings is 1. The van der Waals surface area contributed by atoms with E-state index in [1.807, 2.05) is 40.0 Å². The summed E-state index contributed by atoms with van der Waals surface area (Å²) in [6, 6.07) is 7.98. The number of β-amino-alcohol motifs (C(OH)–C–C–N with tert-alkyl or cyclic N) is 1. The summed E-state index contributed by atoms with van der Waals surface area (Å²) in [6.07, 6.45) is 2.05. The van der Waals surface area contributed by atoms with Crippen LogP contribution in [0.25, 0.3) is 11.0 Å². The van der Waals surface area contributed by atoms with Crippen LogP contribution in [-0.4, -0.2) is 76.0 Å². The predicted molar refractivity (Wildman–Crippen MR) is 97.1 cm³/mol. The number of rotatable bonds is 6.